The summed E-state index contributed by atoms with van der Waals surface area (Å²) in [7, 11) is 0. The smallest absolute Gasteiger partial charge is 0.244 e. The van der Waals surface area contributed by atoms with Crippen LogP contribution < -0.4 is 5.32 Å². The zero-order valence-electron chi connectivity index (χ0n) is 11.4. The van der Waals surface area contributed by atoms with E-state index in [2.05, 4.69) is 17.2 Å². The number of hydrogen-bond acceptors (Lipinski definition) is 3. The van der Waals surface area contributed by atoms with Gasteiger partial charge in [0.25, 0.3) is 0 Å². The molecule has 0 unspecified atom stereocenters. The molecule has 5 nitrogen and oxygen atoms in total. The highest BCUT2D eigenvalue weighted by Crippen LogP contribution is 2.16. The predicted molar refractivity (Wildman–Crippen MR) is 74.8 cm³/mol. The summed E-state index contributed by atoms with van der Waals surface area (Å²) in [6.45, 7) is 0.197. The second-order valence-corrected chi connectivity index (χ2v) is 4.62. The fraction of sp³-hybridized carbons (Fsp3) is 0.333. The zero-order chi connectivity index (χ0) is 15.2. The number of aliphatic hydroxyl groups is 1. The fourth-order valence-electron chi connectivity index (χ4n) is 2.10. The van der Waals surface area contributed by atoms with Crippen molar-refractivity contribution in [3.63, 3.8) is 0 Å². The molecule has 0 bridgehead atoms. The van der Waals surface area contributed by atoms with Crippen molar-refractivity contribution in [2.45, 2.75) is 12.8 Å². The van der Waals surface area contributed by atoms with Gasteiger partial charge < -0.3 is 15.3 Å². The van der Waals surface area contributed by atoms with E-state index in [1.807, 2.05) is 0 Å². The van der Waals surface area contributed by atoms with Crippen LogP contribution in [0.15, 0.2) is 18.2 Å². The van der Waals surface area contributed by atoms with Gasteiger partial charge >= 0.3 is 0 Å². The van der Waals surface area contributed by atoms with E-state index >= 15 is 0 Å². The Labute approximate surface area is 121 Å². The van der Waals surface area contributed by atoms with Crippen LogP contribution >= 0.6 is 0 Å². The van der Waals surface area contributed by atoms with Gasteiger partial charge in [-0.25, -0.2) is 4.39 Å². The van der Waals surface area contributed by atoms with Gasteiger partial charge in [0, 0.05) is 13.0 Å². The molecule has 0 aliphatic carbocycles. The minimum atomic E-state index is -0.482. The van der Waals surface area contributed by atoms with E-state index in [4.69, 9.17) is 5.11 Å². The third-order valence-corrected chi connectivity index (χ3v) is 3.06. The van der Waals surface area contributed by atoms with Crippen LogP contribution in [0.1, 0.15) is 18.4 Å². The Morgan fingerprint density at radius 1 is 1.48 bits per heavy atom. The van der Waals surface area contributed by atoms with Crippen molar-refractivity contribution in [3.05, 3.63) is 29.6 Å². The Balaban J connectivity index is 2.07. The number of nitrogens with zero attached hydrogens (tertiary/aromatic N) is 1. The maximum atomic E-state index is 13.2. The molecule has 21 heavy (non-hydrogen) atoms. The third kappa shape index (κ3) is 4.04. The van der Waals surface area contributed by atoms with Gasteiger partial charge in [-0.3, -0.25) is 9.59 Å². The number of anilines is 1. The van der Waals surface area contributed by atoms with E-state index in [0.717, 1.165) is 6.42 Å². The molecule has 0 radical (unpaired) electrons. The predicted octanol–water partition coefficient (Wildman–Crippen LogP) is 0.730. The number of hydrogen-bond donors (Lipinski definition) is 2. The molecule has 0 aromatic heterocycles. The van der Waals surface area contributed by atoms with Crippen LogP contribution in [-0.4, -0.2) is 41.5 Å². The molecule has 2 amide bonds. The van der Waals surface area contributed by atoms with E-state index in [1.54, 1.807) is 0 Å². The van der Waals surface area contributed by atoms with E-state index < -0.39 is 5.82 Å². The molecule has 1 aliphatic heterocycles. The third-order valence-electron chi connectivity index (χ3n) is 3.06. The summed E-state index contributed by atoms with van der Waals surface area (Å²) in [6, 6.07) is 3.79. The largest absolute Gasteiger partial charge is 0.384 e. The van der Waals surface area contributed by atoms with E-state index in [1.165, 1.54) is 23.1 Å². The maximum absolute atomic E-state index is 13.2. The van der Waals surface area contributed by atoms with Crippen molar-refractivity contribution >= 4 is 17.5 Å². The highest BCUT2D eigenvalue weighted by molar-refractivity contribution is 5.95. The van der Waals surface area contributed by atoms with Gasteiger partial charge in [0.05, 0.1) is 17.8 Å². The number of benzene rings is 1. The van der Waals surface area contributed by atoms with Crippen molar-refractivity contribution < 1.29 is 19.1 Å². The molecular weight excluding hydrogens is 275 g/mol. The van der Waals surface area contributed by atoms with Gasteiger partial charge in [-0.1, -0.05) is 11.8 Å². The number of carbonyl (C=O) groups is 2. The minimum absolute atomic E-state index is 0.0247. The lowest BCUT2D eigenvalue weighted by Gasteiger charge is -2.15. The molecule has 2 rings (SSSR count). The van der Waals surface area contributed by atoms with Gasteiger partial charge in [0.2, 0.25) is 11.8 Å². The van der Waals surface area contributed by atoms with Crippen LogP contribution in [0, 0.1) is 17.7 Å². The highest BCUT2D eigenvalue weighted by Gasteiger charge is 2.22. The summed E-state index contributed by atoms with van der Waals surface area (Å²) >= 11 is 0. The first-order valence-corrected chi connectivity index (χ1v) is 6.57. The van der Waals surface area contributed by atoms with Crippen molar-refractivity contribution in [3.8, 4) is 11.8 Å². The topological polar surface area (TPSA) is 69.6 Å². The van der Waals surface area contributed by atoms with Gasteiger partial charge in [0.15, 0.2) is 0 Å². The lowest BCUT2D eigenvalue weighted by molar-refractivity contribution is -0.131. The Hall–Kier alpha value is -2.39. The number of halogens is 1. The van der Waals surface area contributed by atoms with Crippen molar-refractivity contribution in [2.24, 2.45) is 0 Å². The first-order valence-electron chi connectivity index (χ1n) is 6.57. The van der Waals surface area contributed by atoms with Crippen LogP contribution in [0.3, 0.4) is 0 Å². The van der Waals surface area contributed by atoms with Crippen molar-refractivity contribution in [1.82, 2.24) is 4.90 Å². The number of carbonyl (C=O) groups excluding carboxylic acids is 2. The summed E-state index contributed by atoms with van der Waals surface area (Å²) in [5.41, 5.74) is 0.638. The summed E-state index contributed by atoms with van der Waals surface area (Å²) in [4.78, 5) is 24.9. The van der Waals surface area contributed by atoms with Crippen LogP contribution in [0.5, 0.6) is 0 Å². The average molecular weight is 290 g/mol. The number of amides is 2. The summed E-state index contributed by atoms with van der Waals surface area (Å²) < 4.78 is 13.2. The summed E-state index contributed by atoms with van der Waals surface area (Å²) in [5.74, 6) is 4.11. The molecule has 1 aromatic carbocycles. The number of aliphatic hydroxyl groups excluding tert-OH is 1. The van der Waals surface area contributed by atoms with Crippen molar-refractivity contribution in [1.29, 1.82) is 0 Å². The first kappa shape index (κ1) is 15.0. The lowest BCUT2D eigenvalue weighted by atomic mass is 10.1. The Bertz CT molecular complexity index is 619. The molecule has 1 saturated heterocycles. The monoisotopic (exact) mass is 290 g/mol. The molecule has 1 aromatic rings. The van der Waals surface area contributed by atoms with Gasteiger partial charge in [-0.15, -0.1) is 0 Å². The second kappa shape index (κ2) is 6.86. The summed E-state index contributed by atoms with van der Waals surface area (Å²) in [6.07, 6.45) is 1.23. The zero-order valence-corrected chi connectivity index (χ0v) is 11.4. The quantitative estimate of drug-likeness (QED) is 0.806. The minimum Gasteiger partial charge on any atom is -0.384 e. The molecule has 1 fully saturated rings. The van der Waals surface area contributed by atoms with Crippen molar-refractivity contribution in [2.75, 3.05) is 25.0 Å². The Morgan fingerprint density at radius 3 is 2.95 bits per heavy atom. The van der Waals surface area contributed by atoms with E-state index in [9.17, 15) is 14.0 Å². The van der Waals surface area contributed by atoms with E-state index in [-0.39, 0.29) is 30.5 Å². The Kier molecular flexibility index (Phi) is 4.90. The van der Waals surface area contributed by atoms with Gasteiger partial charge in [-0.05, 0) is 24.6 Å². The SMILES string of the molecule is O=C(CN1CCCC1=O)Nc1ccc(F)cc1C#CCO. The number of rotatable bonds is 3. The van der Waals surface area contributed by atoms with Crippen LogP contribution in [0.4, 0.5) is 10.1 Å². The standard InChI is InChI=1S/C15H15FN2O3/c16-12-5-6-13(11(9-12)3-2-8-19)17-14(20)10-18-7-1-4-15(18)21/h5-6,9,19H,1,4,7-8,10H2,(H,17,20). The maximum Gasteiger partial charge on any atom is 0.244 e. The second-order valence-electron chi connectivity index (χ2n) is 4.62. The molecule has 0 atom stereocenters. The molecule has 110 valence electrons. The molecular formula is C15H15FN2O3. The van der Waals surface area contributed by atoms with Gasteiger partial charge in [0.1, 0.15) is 12.4 Å². The van der Waals surface area contributed by atoms with Crippen LogP contribution in [-0.2, 0) is 9.59 Å². The van der Waals surface area contributed by atoms with Crippen LogP contribution in [0.2, 0.25) is 0 Å². The number of nitrogens with one attached hydrogen (secondary N) is 1. The van der Waals surface area contributed by atoms with Crippen LogP contribution in [0.25, 0.3) is 0 Å². The van der Waals surface area contributed by atoms with E-state index in [0.29, 0.717) is 18.7 Å². The highest BCUT2D eigenvalue weighted by atomic mass is 19.1. The Morgan fingerprint density at radius 2 is 2.29 bits per heavy atom. The molecule has 2 N–H and O–H groups in total. The average Bonchev–Trinajstić information content (AvgIpc) is 2.84. The molecule has 1 aliphatic rings. The normalized spacial score (nSPS) is 13.8. The lowest BCUT2D eigenvalue weighted by Crippen LogP contribution is -2.34. The fourth-order valence-corrected chi connectivity index (χ4v) is 2.10. The summed E-state index contributed by atoms with van der Waals surface area (Å²) in [5, 5.41) is 11.3. The van der Waals surface area contributed by atoms with Gasteiger partial charge in [-0.2, -0.15) is 0 Å². The molecule has 1 heterocycles. The molecule has 0 spiro atoms. The first-order chi connectivity index (χ1) is 10.1. The molecule has 6 heteroatoms. The number of likely N-dealkylation sites (tertiary alicyclic amines) is 1. The molecule has 0 saturated carbocycles.